The maximum absolute atomic E-state index is 13.5. The number of benzene rings is 1. The summed E-state index contributed by atoms with van der Waals surface area (Å²) in [5, 5.41) is 12.0. The molecule has 2 fully saturated rings. The number of carbonyl (C=O) groups is 1. The van der Waals surface area contributed by atoms with Crippen molar-refractivity contribution in [1.82, 2.24) is 10.2 Å². The minimum Gasteiger partial charge on any atom is -0.338 e. The molecule has 2 aliphatic heterocycles. The minimum absolute atomic E-state index is 0.257. The molecule has 12 heteroatoms. The number of halogens is 6. The molecular weight excluding hydrogens is 406 g/mol. The monoisotopic (exact) mass is 422 g/mol. The Bertz CT molecular complexity index is 814. The zero-order chi connectivity index (χ0) is 21.4. The van der Waals surface area contributed by atoms with Crippen molar-refractivity contribution in [3.8, 4) is 6.07 Å². The quantitative estimate of drug-likeness (QED) is 0.740. The van der Waals surface area contributed by atoms with Crippen LogP contribution in [0.25, 0.3) is 0 Å². The van der Waals surface area contributed by atoms with E-state index in [1.54, 1.807) is 0 Å². The van der Waals surface area contributed by atoms with Gasteiger partial charge in [0.05, 0.1) is 29.4 Å². The first-order valence-electron chi connectivity index (χ1n) is 8.62. The Balaban J connectivity index is 1.99. The van der Waals surface area contributed by atoms with Crippen molar-refractivity contribution in [2.24, 2.45) is 0 Å². The summed E-state index contributed by atoms with van der Waals surface area (Å²) in [6, 6.07) is 4.12. The Morgan fingerprint density at radius 2 is 1.83 bits per heavy atom. The summed E-state index contributed by atoms with van der Waals surface area (Å²) < 4.78 is 86.1. The first-order valence-corrected chi connectivity index (χ1v) is 8.62. The van der Waals surface area contributed by atoms with Crippen molar-refractivity contribution in [3.63, 3.8) is 0 Å². The largest absolute Gasteiger partial charge is 0.433 e. The molecule has 29 heavy (non-hydrogen) atoms. The molecule has 2 aliphatic rings. The third kappa shape index (κ3) is 4.25. The van der Waals surface area contributed by atoms with Crippen LogP contribution in [0.1, 0.15) is 11.1 Å². The number of rotatable bonds is 2. The van der Waals surface area contributed by atoms with E-state index in [9.17, 15) is 31.1 Å². The fourth-order valence-electron chi connectivity index (χ4n) is 3.42. The van der Waals surface area contributed by atoms with E-state index in [-0.39, 0.29) is 13.1 Å². The molecule has 1 aromatic rings. The molecule has 1 amide bonds. The van der Waals surface area contributed by atoms with Gasteiger partial charge in [-0.2, -0.15) is 31.6 Å². The molecule has 0 aromatic heterocycles. The van der Waals surface area contributed by atoms with Gasteiger partial charge >= 0.3 is 12.4 Å². The number of hydrogen-bond acceptors (Lipinski definition) is 5. The molecule has 2 atom stereocenters. The maximum Gasteiger partial charge on any atom is 0.433 e. The predicted molar refractivity (Wildman–Crippen MR) is 87.7 cm³/mol. The first-order chi connectivity index (χ1) is 13.5. The number of hydrogen-bond donors (Lipinski definition) is 1. The summed E-state index contributed by atoms with van der Waals surface area (Å²) in [4.78, 5) is 14.2. The fourth-order valence-corrected chi connectivity index (χ4v) is 3.42. The van der Waals surface area contributed by atoms with Crippen molar-refractivity contribution >= 4 is 11.6 Å². The van der Waals surface area contributed by atoms with Crippen LogP contribution >= 0.6 is 0 Å². The van der Waals surface area contributed by atoms with E-state index in [0.29, 0.717) is 18.0 Å². The van der Waals surface area contributed by atoms with Crippen LogP contribution < -0.4 is 10.2 Å². The Morgan fingerprint density at radius 1 is 1.17 bits per heavy atom. The van der Waals surface area contributed by atoms with E-state index in [2.05, 4.69) is 5.32 Å². The zero-order valence-electron chi connectivity index (χ0n) is 14.8. The standard InChI is InChI=1S/C17H16F6N4O2/c18-16(19,20)13-10(8-24)2-1-3-11(13)27-9-12(29-15(27)17(21,22)23)14(28)26-6-4-25-5-7-26/h1-3,12,15,25H,4-7,9H2/t12-,15+/m0/s1. The third-order valence-electron chi connectivity index (χ3n) is 4.68. The predicted octanol–water partition coefficient (Wildman–Crippen LogP) is 2.10. The van der Waals surface area contributed by atoms with Gasteiger partial charge in [-0.05, 0) is 12.1 Å². The molecule has 0 aliphatic carbocycles. The summed E-state index contributed by atoms with van der Waals surface area (Å²) in [6.07, 6.45) is -14.4. The Morgan fingerprint density at radius 3 is 2.38 bits per heavy atom. The lowest BCUT2D eigenvalue weighted by atomic mass is 10.0. The number of carbonyl (C=O) groups excluding carboxylic acids is 1. The lowest BCUT2D eigenvalue weighted by Crippen LogP contribution is -2.50. The van der Waals surface area contributed by atoms with Crippen molar-refractivity contribution in [1.29, 1.82) is 5.26 Å². The van der Waals surface area contributed by atoms with Gasteiger partial charge in [0.25, 0.3) is 5.91 Å². The number of nitriles is 1. The highest BCUT2D eigenvalue weighted by molar-refractivity contribution is 5.82. The zero-order valence-corrected chi connectivity index (χ0v) is 14.8. The van der Waals surface area contributed by atoms with Crippen LogP contribution in [-0.2, 0) is 15.7 Å². The van der Waals surface area contributed by atoms with E-state index >= 15 is 0 Å². The van der Waals surface area contributed by atoms with E-state index in [1.165, 1.54) is 11.0 Å². The number of nitrogens with one attached hydrogen (secondary N) is 1. The highest BCUT2D eigenvalue weighted by atomic mass is 19.4. The number of amides is 1. The van der Waals surface area contributed by atoms with Crippen LogP contribution in [-0.4, -0.2) is 62.0 Å². The van der Waals surface area contributed by atoms with E-state index in [1.807, 2.05) is 0 Å². The highest BCUT2D eigenvalue weighted by Crippen LogP contribution is 2.43. The fraction of sp³-hybridized carbons (Fsp3) is 0.529. The van der Waals surface area contributed by atoms with Crippen molar-refractivity contribution in [3.05, 3.63) is 29.3 Å². The Hall–Kier alpha value is -2.52. The molecule has 1 aromatic carbocycles. The SMILES string of the molecule is N#Cc1cccc(N2C[C@@H](C(=O)N3CCNCC3)O[C@@H]2C(F)(F)F)c1C(F)(F)F. The molecule has 0 bridgehead atoms. The first kappa shape index (κ1) is 21.2. The van der Waals surface area contributed by atoms with Crippen molar-refractivity contribution in [2.45, 2.75) is 24.7 Å². The smallest absolute Gasteiger partial charge is 0.338 e. The minimum atomic E-state index is -5.07. The second-order valence-electron chi connectivity index (χ2n) is 6.56. The average Bonchev–Trinajstić information content (AvgIpc) is 3.12. The number of nitrogens with zero attached hydrogens (tertiary/aromatic N) is 3. The lowest BCUT2D eigenvalue weighted by molar-refractivity contribution is -0.215. The van der Waals surface area contributed by atoms with Gasteiger partial charge in [-0.3, -0.25) is 4.79 Å². The van der Waals surface area contributed by atoms with E-state index in [0.717, 1.165) is 18.2 Å². The van der Waals surface area contributed by atoms with Gasteiger partial charge in [0.1, 0.15) is 0 Å². The molecule has 158 valence electrons. The van der Waals surface area contributed by atoms with E-state index < -0.39 is 54.0 Å². The van der Waals surface area contributed by atoms with Crippen LogP contribution in [0.4, 0.5) is 32.0 Å². The second-order valence-corrected chi connectivity index (χ2v) is 6.56. The van der Waals surface area contributed by atoms with Crippen molar-refractivity contribution < 1.29 is 35.9 Å². The molecule has 3 rings (SSSR count). The summed E-state index contributed by atoms with van der Waals surface area (Å²) in [5.74, 6) is -0.715. The van der Waals surface area contributed by atoms with Gasteiger partial charge < -0.3 is 19.9 Å². The van der Waals surface area contributed by atoms with Gasteiger partial charge in [0, 0.05) is 26.2 Å². The molecule has 0 saturated carbocycles. The van der Waals surface area contributed by atoms with Crippen LogP contribution in [0, 0.1) is 11.3 Å². The Labute approximate surface area is 161 Å². The van der Waals surface area contributed by atoms with Crippen molar-refractivity contribution in [2.75, 3.05) is 37.6 Å². The number of ether oxygens (including phenoxy) is 1. The number of piperazine rings is 1. The second kappa shape index (κ2) is 7.72. The molecule has 0 spiro atoms. The summed E-state index contributed by atoms with van der Waals surface area (Å²) >= 11 is 0. The van der Waals surface area contributed by atoms with Gasteiger partial charge in [-0.1, -0.05) is 6.07 Å². The summed E-state index contributed by atoms with van der Waals surface area (Å²) in [6.45, 7) is 0.700. The highest BCUT2D eigenvalue weighted by Gasteiger charge is 2.54. The molecule has 0 radical (unpaired) electrons. The number of alkyl halides is 6. The summed E-state index contributed by atoms with van der Waals surface area (Å²) in [5.41, 5.74) is -3.15. The number of anilines is 1. The van der Waals surface area contributed by atoms with Crippen LogP contribution in [0.15, 0.2) is 18.2 Å². The van der Waals surface area contributed by atoms with Crippen LogP contribution in [0.2, 0.25) is 0 Å². The molecule has 0 unspecified atom stereocenters. The van der Waals surface area contributed by atoms with Crippen LogP contribution in [0.5, 0.6) is 0 Å². The molecular formula is C17H16F6N4O2. The van der Waals surface area contributed by atoms with Gasteiger partial charge in [-0.25, -0.2) is 0 Å². The lowest BCUT2D eigenvalue weighted by Gasteiger charge is -2.29. The molecule has 6 nitrogen and oxygen atoms in total. The summed E-state index contributed by atoms with van der Waals surface area (Å²) in [7, 11) is 0. The normalized spacial score (nSPS) is 23.2. The van der Waals surface area contributed by atoms with Crippen LogP contribution in [0.3, 0.4) is 0 Å². The third-order valence-corrected chi connectivity index (χ3v) is 4.68. The van der Waals surface area contributed by atoms with Gasteiger partial charge in [0.2, 0.25) is 6.23 Å². The molecule has 2 heterocycles. The molecule has 2 saturated heterocycles. The van der Waals surface area contributed by atoms with Gasteiger partial charge in [0.15, 0.2) is 6.10 Å². The van der Waals surface area contributed by atoms with Gasteiger partial charge in [-0.15, -0.1) is 0 Å². The Kier molecular flexibility index (Phi) is 5.64. The molecule has 1 N–H and O–H groups in total. The van der Waals surface area contributed by atoms with E-state index in [4.69, 9.17) is 10.00 Å². The topological polar surface area (TPSA) is 68.6 Å². The maximum atomic E-state index is 13.5. The average molecular weight is 422 g/mol.